The van der Waals surface area contributed by atoms with Gasteiger partial charge in [-0.05, 0) is 39.0 Å². The zero-order valence-electron chi connectivity index (χ0n) is 10.1. The zero-order chi connectivity index (χ0) is 12.1. The van der Waals surface area contributed by atoms with E-state index in [9.17, 15) is 4.79 Å². The fourth-order valence-corrected chi connectivity index (χ4v) is 2.35. The fraction of sp³-hybridized carbons (Fsp3) is 0.909. The van der Waals surface area contributed by atoms with Crippen molar-refractivity contribution >= 4 is 6.09 Å². The molecule has 16 heavy (non-hydrogen) atoms. The number of ether oxygens (including phenoxy) is 1. The number of amides is 1. The third kappa shape index (κ3) is 3.64. The second kappa shape index (κ2) is 6.06. The van der Waals surface area contributed by atoms with Crippen LogP contribution in [0.5, 0.6) is 0 Å². The van der Waals surface area contributed by atoms with Gasteiger partial charge in [0.2, 0.25) is 0 Å². The van der Waals surface area contributed by atoms with Crippen molar-refractivity contribution in [3.8, 4) is 0 Å². The molecule has 1 saturated heterocycles. The molecule has 94 valence electrons. The van der Waals surface area contributed by atoms with Gasteiger partial charge in [-0.25, -0.2) is 4.79 Å². The maximum absolute atomic E-state index is 11.0. The van der Waals surface area contributed by atoms with Crippen LogP contribution in [0.3, 0.4) is 0 Å². The molecule has 5 nitrogen and oxygen atoms in total. The highest BCUT2D eigenvalue weighted by molar-refractivity contribution is 5.65. The largest absolute Gasteiger partial charge is 0.465 e. The molecule has 0 radical (unpaired) electrons. The van der Waals surface area contributed by atoms with Gasteiger partial charge < -0.3 is 15.6 Å². The quantitative estimate of drug-likeness (QED) is 0.717. The minimum atomic E-state index is -0.945. The Bertz CT molecular complexity index is 227. The third-order valence-corrected chi connectivity index (χ3v) is 3.06. The maximum Gasteiger partial charge on any atom is 0.408 e. The Morgan fingerprint density at radius 2 is 2.31 bits per heavy atom. The minimum Gasteiger partial charge on any atom is -0.465 e. The molecule has 1 aliphatic heterocycles. The van der Waals surface area contributed by atoms with E-state index >= 15 is 0 Å². The Hall–Kier alpha value is -0.810. The molecule has 2 unspecified atom stereocenters. The van der Waals surface area contributed by atoms with Crippen molar-refractivity contribution in [2.45, 2.75) is 45.3 Å². The summed E-state index contributed by atoms with van der Waals surface area (Å²) in [5.74, 6) is 0.462. The molecule has 0 aromatic heterocycles. The third-order valence-electron chi connectivity index (χ3n) is 3.06. The molecule has 3 N–H and O–H groups in total. The first-order chi connectivity index (χ1) is 7.52. The van der Waals surface area contributed by atoms with Gasteiger partial charge >= 0.3 is 6.09 Å². The summed E-state index contributed by atoms with van der Waals surface area (Å²) in [7, 11) is 0. The summed E-state index contributed by atoms with van der Waals surface area (Å²) in [5, 5.41) is 9.06. The molecule has 0 spiro atoms. The van der Waals surface area contributed by atoms with Crippen LogP contribution in [0.2, 0.25) is 0 Å². The minimum absolute atomic E-state index is 0.0517. The van der Waals surface area contributed by atoms with E-state index in [-0.39, 0.29) is 6.04 Å². The van der Waals surface area contributed by atoms with Crippen molar-refractivity contribution in [3.63, 3.8) is 0 Å². The molecule has 3 atom stereocenters. The van der Waals surface area contributed by atoms with Crippen molar-refractivity contribution in [2.75, 3.05) is 13.2 Å². The van der Waals surface area contributed by atoms with Gasteiger partial charge in [0.1, 0.15) is 0 Å². The molecule has 0 aromatic rings. The van der Waals surface area contributed by atoms with E-state index in [0.29, 0.717) is 5.92 Å². The van der Waals surface area contributed by atoms with Crippen molar-refractivity contribution < 1.29 is 14.6 Å². The Morgan fingerprint density at radius 1 is 1.62 bits per heavy atom. The lowest BCUT2D eigenvalue weighted by molar-refractivity contribution is 0.0351. The molecular formula is C11H22N2O3. The molecule has 0 saturated carbocycles. The van der Waals surface area contributed by atoms with Gasteiger partial charge in [0.15, 0.2) is 0 Å². The Balaban J connectivity index is 2.47. The summed E-state index contributed by atoms with van der Waals surface area (Å²) in [4.78, 5) is 12.4. The average Bonchev–Trinajstić information content (AvgIpc) is 2.17. The lowest BCUT2D eigenvalue weighted by Gasteiger charge is -2.33. The monoisotopic (exact) mass is 230 g/mol. The van der Waals surface area contributed by atoms with Gasteiger partial charge in [-0.3, -0.25) is 4.90 Å². The van der Waals surface area contributed by atoms with Crippen LogP contribution < -0.4 is 5.73 Å². The highest BCUT2D eigenvalue weighted by Crippen LogP contribution is 2.21. The van der Waals surface area contributed by atoms with E-state index in [2.05, 4.69) is 0 Å². The zero-order valence-corrected chi connectivity index (χ0v) is 10.1. The van der Waals surface area contributed by atoms with E-state index in [4.69, 9.17) is 15.6 Å². The molecule has 1 fully saturated rings. The van der Waals surface area contributed by atoms with E-state index < -0.39 is 12.3 Å². The summed E-state index contributed by atoms with van der Waals surface area (Å²) in [6, 6.07) is -0.0517. The second-order valence-electron chi connectivity index (χ2n) is 4.60. The van der Waals surface area contributed by atoms with Crippen molar-refractivity contribution in [1.82, 2.24) is 4.90 Å². The second-order valence-corrected chi connectivity index (χ2v) is 4.60. The molecule has 0 aromatic carbocycles. The summed E-state index contributed by atoms with van der Waals surface area (Å²) < 4.78 is 5.39. The van der Waals surface area contributed by atoms with Crippen LogP contribution in [0.25, 0.3) is 0 Å². The summed E-state index contributed by atoms with van der Waals surface area (Å²) in [5.41, 5.74) is 5.66. The number of nitrogens with zero attached hydrogens (tertiary/aromatic N) is 1. The van der Waals surface area contributed by atoms with Crippen LogP contribution in [0, 0.1) is 5.92 Å². The SMILES string of the molecule is CC(CC1CCCOC1)N(C(=O)O)[C@@H](C)N. The normalized spacial score (nSPS) is 24.8. The van der Waals surface area contributed by atoms with Crippen LogP contribution in [0.4, 0.5) is 4.79 Å². The smallest absolute Gasteiger partial charge is 0.408 e. The highest BCUT2D eigenvalue weighted by atomic mass is 16.5. The van der Waals surface area contributed by atoms with E-state index in [1.54, 1.807) is 6.92 Å². The van der Waals surface area contributed by atoms with Crippen molar-refractivity contribution in [1.29, 1.82) is 0 Å². The average molecular weight is 230 g/mol. The fourth-order valence-electron chi connectivity index (χ4n) is 2.35. The molecular weight excluding hydrogens is 208 g/mol. The molecule has 5 heteroatoms. The van der Waals surface area contributed by atoms with Crippen LogP contribution in [0.15, 0.2) is 0 Å². The summed E-state index contributed by atoms with van der Waals surface area (Å²) in [6.07, 6.45) is 1.61. The van der Waals surface area contributed by atoms with E-state index in [1.807, 2.05) is 6.92 Å². The number of hydrogen-bond acceptors (Lipinski definition) is 3. The van der Waals surface area contributed by atoms with E-state index in [0.717, 1.165) is 32.5 Å². The molecule has 0 bridgehead atoms. The lowest BCUT2D eigenvalue weighted by atomic mass is 9.94. The van der Waals surface area contributed by atoms with Gasteiger partial charge in [0.05, 0.1) is 6.17 Å². The predicted molar refractivity (Wildman–Crippen MR) is 61.1 cm³/mol. The number of rotatable bonds is 4. The molecule has 1 heterocycles. The van der Waals surface area contributed by atoms with Crippen LogP contribution in [0.1, 0.15) is 33.1 Å². The molecule has 0 aliphatic carbocycles. The number of carboxylic acid groups (broad SMARTS) is 1. The summed E-state index contributed by atoms with van der Waals surface area (Å²) >= 11 is 0. The highest BCUT2D eigenvalue weighted by Gasteiger charge is 2.26. The van der Waals surface area contributed by atoms with Crippen LogP contribution in [-0.4, -0.2) is 41.5 Å². The van der Waals surface area contributed by atoms with Gasteiger partial charge in [0, 0.05) is 19.3 Å². The van der Waals surface area contributed by atoms with Crippen molar-refractivity contribution in [3.05, 3.63) is 0 Å². The first-order valence-corrected chi connectivity index (χ1v) is 5.87. The number of nitrogens with two attached hydrogens (primary N) is 1. The standard InChI is InChI=1S/C11H22N2O3/c1-8(13(9(2)12)11(14)15)6-10-4-3-5-16-7-10/h8-10H,3-7,12H2,1-2H3,(H,14,15)/t8?,9-,10?/m0/s1. The number of carbonyl (C=O) groups is 1. The first-order valence-electron chi connectivity index (χ1n) is 5.87. The van der Waals surface area contributed by atoms with Crippen LogP contribution in [-0.2, 0) is 4.74 Å². The first kappa shape index (κ1) is 13.3. The molecule has 1 aliphatic rings. The Labute approximate surface area is 96.6 Å². The van der Waals surface area contributed by atoms with Gasteiger partial charge in [-0.1, -0.05) is 0 Å². The Morgan fingerprint density at radius 3 is 2.75 bits per heavy atom. The lowest BCUT2D eigenvalue weighted by Crippen LogP contribution is -2.49. The number of hydrogen-bond donors (Lipinski definition) is 2. The maximum atomic E-state index is 11.0. The Kier molecular flexibility index (Phi) is 5.02. The van der Waals surface area contributed by atoms with Gasteiger partial charge in [0.25, 0.3) is 0 Å². The molecule has 1 amide bonds. The van der Waals surface area contributed by atoms with E-state index in [1.165, 1.54) is 4.90 Å². The predicted octanol–water partition coefficient (Wildman–Crippen LogP) is 1.48. The van der Waals surface area contributed by atoms with Crippen LogP contribution >= 0.6 is 0 Å². The van der Waals surface area contributed by atoms with Gasteiger partial charge in [-0.2, -0.15) is 0 Å². The molecule has 1 rings (SSSR count). The topological polar surface area (TPSA) is 75.8 Å². The van der Waals surface area contributed by atoms with Crippen molar-refractivity contribution in [2.24, 2.45) is 11.7 Å². The van der Waals surface area contributed by atoms with Gasteiger partial charge in [-0.15, -0.1) is 0 Å². The summed E-state index contributed by atoms with van der Waals surface area (Å²) in [6.45, 7) is 5.19.